The lowest BCUT2D eigenvalue weighted by Crippen LogP contribution is -2.49. The molecule has 2 N–H and O–H groups in total. The zero-order valence-corrected chi connectivity index (χ0v) is 10.7. The van der Waals surface area contributed by atoms with Crippen LogP contribution in [-0.4, -0.2) is 73.7 Å². The van der Waals surface area contributed by atoms with Crippen LogP contribution in [0, 0.1) is 0 Å². The summed E-state index contributed by atoms with van der Waals surface area (Å²) in [5, 5.41) is 11.4. The van der Waals surface area contributed by atoms with Gasteiger partial charge in [0, 0.05) is 39.8 Å². The van der Waals surface area contributed by atoms with Gasteiger partial charge in [-0.3, -0.25) is 14.6 Å². The van der Waals surface area contributed by atoms with Gasteiger partial charge >= 0.3 is 0 Å². The molecule has 0 spiro atoms. The third-order valence-electron chi connectivity index (χ3n) is 2.53. The molecule has 1 saturated heterocycles. The normalized spacial score (nSPS) is 17.5. The van der Waals surface area contributed by atoms with Crippen molar-refractivity contribution in [1.29, 1.82) is 0 Å². The van der Waals surface area contributed by atoms with Crippen molar-refractivity contribution in [3.05, 3.63) is 0 Å². The highest BCUT2D eigenvalue weighted by molar-refractivity contribution is 5.77. The second-order valence-electron chi connectivity index (χ2n) is 3.51. The van der Waals surface area contributed by atoms with Crippen molar-refractivity contribution in [2.24, 2.45) is 0 Å². The van der Waals surface area contributed by atoms with Crippen molar-refractivity contribution >= 4 is 5.91 Å². The predicted octanol–water partition coefficient (Wildman–Crippen LogP) is -0.631. The Labute approximate surface area is 98.4 Å². The summed E-state index contributed by atoms with van der Waals surface area (Å²) in [6.07, 6.45) is 0. The summed E-state index contributed by atoms with van der Waals surface area (Å²) in [7, 11) is 1.66. The second-order valence-corrected chi connectivity index (χ2v) is 3.51. The Morgan fingerprint density at radius 2 is 1.69 bits per heavy atom. The van der Waals surface area contributed by atoms with Crippen LogP contribution in [0.1, 0.15) is 13.8 Å². The highest BCUT2D eigenvalue weighted by Gasteiger charge is 2.17. The average molecular weight is 231 g/mol. The first kappa shape index (κ1) is 15.3. The Balaban J connectivity index is 0.00000106. The Morgan fingerprint density at radius 3 is 2.12 bits per heavy atom. The number of piperazine rings is 1. The number of hydrogen-bond donors (Lipinski definition) is 2. The summed E-state index contributed by atoms with van der Waals surface area (Å²) >= 11 is 0. The first-order valence-electron chi connectivity index (χ1n) is 6.02. The first-order chi connectivity index (χ1) is 7.76. The van der Waals surface area contributed by atoms with Crippen LogP contribution in [0.25, 0.3) is 0 Å². The van der Waals surface area contributed by atoms with E-state index >= 15 is 0 Å². The Hall–Kier alpha value is -0.650. The maximum Gasteiger partial charge on any atom is 0.233 e. The topological polar surface area (TPSA) is 55.8 Å². The lowest BCUT2D eigenvalue weighted by molar-refractivity contribution is -0.122. The number of β-amino-alcohol motifs (C(OH)–C–C–N with tert-alkyl or cyclic N) is 1. The van der Waals surface area contributed by atoms with Gasteiger partial charge in [0.15, 0.2) is 0 Å². The number of nitrogens with zero attached hydrogens (tertiary/aromatic N) is 2. The zero-order valence-electron chi connectivity index (χ0n) is 10.7. The highest BCUT2D eigenvalue weighted by Crippen LogP contribution is 2.00. The number of hydrogen-bond acceptors (Lipinski definition) is 4. The quantitative estimate of drug-likeness (QED) is 0.676. The fourth-order valence-electron chi connectivity index (χ4n) is 1.59. The number of carbonyl (C=O) groups excluding carboxylic acids is 1. The molecule has 1 aliphatic heterocycles. The number of nitrogens with one attached hydrogen (secondary N) is 1. The molecular formula is C11H25N3O2. The first-order valence-corrected chi connectivity index (χ1v) is 6.02. The van der Waals surface area contributed by atoms with Crippen molar-refractivity contribution < 1.29 is 9.90 Å². The smallest absolute Gasteiger partial charge is 0.233 e. The molecule has 1 amide bonds. The highest BCUT2D eigenvalue weighted by atomic mass is 16.3. The molecule has 5 heteroatoms. The van der Waals surface area contributed by atoms with E-state index in [2.05, 4.69) is 15.1 Å². The van der Waals surface area contributed by atoms with Crippen LogP contribution < -0.4 is 5.32 Å². The van der Waals surface area contributed by atoms with Crippen LogP contribution in [0.3, 0.4) is 0 Å². The van der Waals surface area contributed by atoms with E-state index in [0.29, 0.717) is 6.54 Å². The Morgan fingerprint density at radius 1 is 1.19 bits per heavy atom. The van der Waals surface area contributed by atoms with Crippen LogP contribution >= 0.6 is 0 Å². The summed E-state index contributed by atoms with van der Waals surface area (Å²) in [5.74, 6) is 0.0700. The fourth-order valence-corrected chi connectivity index (χ4v) is 1.59. The van der Waals surface area contributed by atoms with Gasteiger partial charge < -0.3 is 10.4 Å². The number of aliphatic hydroxyl groups excluding tert-OH is 1. The molecule has 1 fully saturated rings. The fraction of sp³-hybridized carbons (Fsp3) is 0.909. The van der Waals surface area contributed by atoms with Crippen LogP contribution in [0.5, 0.6) is 0 Å². The Kier molecular flexibility index (Phi) is 9.18. The maximum absolute atomic E-state index is 11.1. The molecule has 0 aromatic carbocycles. The van der Waals surface area contributed by atoms with E-state index in [0.717, 1.165) is 32.7 Å². The summed E-state index contributed by atoms with van der Waals surface area (Å²) in [6.45, 7) is 9.16. The van der Waals surface area contributed by atoms with E-state index in [1.54, 1.807) is 7.05 Å². The van der Waals surface area contributed by atoms with E-state index in [4.69, 9.17) is 5.11 Å². The molecule has 0 bridgehead atoms. The molecule has 1 rings (SSSR count). The SMILES string of the molecule is CC.CNC(=O)CN1CCN(CCO)CC1. The van der Waals surface area contributed by atoms with Crippen molar-refractivity contribution in [3.63, 3.8) is 0 Å². The van der Waals surface area contributed by atoms with Crippen LogP contribution in [0.2, 0.25) is 0 Å². The number of aliphatic hydroxyl groups is 1. The third-order valence-corrected chi connectivity index (χ3v) is 2.53. The lowest BCUT2D eigenvalue weighted by Gasteiger charge is -2.33. The summed E-state index contributed by atoms with van der Waals surface area (Å²) < 4.78 is 0. The molecular weight excluding hydrogens is 206 g/mol. The van der Waals surface area contributed by atoms with Gasteiger partial charge in [-0.1, -0.05) is 13.8 Å². The van der Waals surface area contributed by atoms with Crippen molar-refractivity contribution in [1.82, 2.24) is 15.1 Å². The standard InChI is InChI=1S/C9H19N3O2.C2H6/c1-10-9(14)8-12-4-2-11(3-5-12)6-7-13;1-2/h13H,2-8H2,1H3,(H,10,14);1-2H3. The van der Waals surface area contributed by atoms with Gasteiger partial charge in [0.05, 0.1) is 13.2 Å². The van der Waals surface area contributed by atoms with E-state index in [9.17, 15) is 4.79 Å². The summed E-state index contributed by atoms with van der Waals surface area (Å²) in [4.78, 5) is 15.4. The van der Waals surface area contributed by atoms with Gasteiger partial charge in [-0.2, -0.15) is 0 Å². The van der Waals surface area contributed by atoms with E-state index in [-0.39, 0.29) is 12.5 Å². The summed E-state index contributed by atoms with van der Waals surface area (Å²) in [6, 6.07) is 0. The molecule has 0 aromatic heterocycles. The minimum atomic E-state index is 0.0700. The maximum atomic E-state index is 11.1. The molecule has 0 aliphatic carbocycles. The number of rotatable bonds is 4. The zero-order chi connectivity index (χ0) is 12.4. The van der Waals surface area contributed by atoms with Gasteiger partial charge in [0.1, 0.15) is 0 Å². The lowest BCUT2D eigenvalue weighted by atomic mass is 10.3. The molecule has 0 aromatic rings. The van der Waals surface area contributed by atoms with Crippen LogP contribution in [-0.2, 0) is 4.79 Å². The summed E-state index contributed by atoms with van der Waals surface area (Å²) in [5.41, 5.74) is 0. The van der Waals surface area contributed by atoms with Crippen molar-refractivity contribution in [2.75, 3.05) is 52.9 Å². The van der Waals surface area contributed by atoms with Crippen LogP contribution in [0.4, 0.5) is 0 Å². The molecule has 1 aliphatic rings. The largest absolute Gasteiger partial charge is 0.395 e. The van der Waals surface area contributed by atoms with Gasteiger partial charge in [-0.25, -0.2) is 0 Å². The van der Waals surface area contributed by atoms with Gasteiger partial charge in [0.25, 0.3) is 0 Å². The molecule has 0 radical (unpaired) electrons. The second kappa shape index (κ2) is 9.57. The number of likely N-dealkylation sites (N-methyl/N-ethyl adjacent to an activating group) is 1. The van der Waals surface area contributed by atoms with Crippen molar-refractivity contribution in [2.45, 2.75) is 13.8 Å². The minimum absolute atomic E-state index is 0.0700. The molecule has 1 heterocycles. The number of carbonyl (C=O) groups is 1. The van der Waals surface area contributed by atoms with E-state index < -0.39 is 0 Å². The molecule has 0 unspecified atom stereocenters. The average Bonchev–Trinajstić information content (AvgIpc) is 2.34. The molecule has 5 nitrogen and oxygen atoms in total. The van der Waals surface area contributed by atoms with Gasteiger partial charge in [-0.05, 0) is 0 Å². The van der Waals surface area contributed by atoms with Gasteiger partial charge in [-0.15, -0.1) is 0 Å². The van der Waals surface area contributed by atoms with E-state index in [1.165, 1.54) is 0 Å². The molecule has 96 valence electrons. The third kappa shape index (κ3) is 6.05. The predicted molar refractivity (Wildman–Crippen MR) is 65.4 cm³/mol. The molecule has 0 atom stereocenters. The van der Waals surface area contributed by atoms with E-state index in [1.807, 2.05) is 13.8 Å². The van der Waals surface area contributed by atoms with Gasteiger partial charge in [0.2, 0.25) is 5.91 Å². The molecule has 16 heavy (non-hydrogen) atoms. The minimum Gasteiger partial charge on any atom is -0.395 e. The number of amides is 1. The molecule has 0 saturated carbocycles. The van der Waals surface area contributed by atoms with Crippen LogP contribution in [0.15, 0.2) is 0 Å². The monoisotopic (exact) mass is 231 g/mol. The van der Waals surface area contributed by atoms with Crippen molar-refractivity contribution in [3.8, 4) is 0 Å². The Bertz CT molecular complexity index is 180.